The number of pyridine rings is 1. The van der Waals surface area contributed by atoms with Crippen molar-refractivity contribution >= 4 is 11.8 Å². The number of rotatable bonds is 4. The van der Waals surface area contributed by atoms with E-state index in [1.807, 2.05) is 26.0 Å². The SMILES string of the molecule is COc1cccc(Sc2cc(C)cc(C)n2)c1[C@H](C)N. The van der Waals surface area contributed by atoms with E-state index in [2.05, 4.69) is 30.1 Å². The standard InChI is InChI=1S/C16H20N2OS/c1-10-8-11(2)18-15(9-10)20-14-7-5-6-13(19-4)16(14)12(3)17/h5-9,12H,17H2,1-4H3/t12-/m0/s1. The summed E-state index contributed by atoms with van der Waals surface area (Å²) in [5.41, 5.74) is 9.36. The molecule has 0 bridgehead atoms. The van der Waals surface area contributed by atoms with Crippen LogP contribution in [0, 0.1) is 13.8 Å². The van der Waals surface area contributed by atoms with Crippen LogP contribution >= 0.6 is 11.8 Å². The third-order valence-corrected chi connectivity index (χ3v) is 3.98. The average Bonchev–Trinajstić information content (AvgIpc) is 2.36. The molecule has 106 valence electrons. The first-order valence-electron chi connectivity index (χ1n) is 6.57. The Morgan fingerprint density at radius 3 is 2.60 bits per heavy atom. The Morgan fingerprint density at radius 1 is 1.25 bits per heavy atom. The average molecular weight is 288 g/mol. The van der Waals surface area contributed by atoms with E-state index in [0.29, 0.717) is 0 Å². The fourth-order valence-corrected chi connectivity index (χ4v) is 3.41. The van der Waals surface area contributed by atoms with Crippen molar-refractivity contribution in [3.05, 3.63) is 47.2 Å². The highest BCUT2D eigenvalue weighted by Crippen LogP contribution is 2.37. The van der Waals surface area contributed by atoms with Crippen LogP contribution in [0.1, 0.15) is 29.8 Å². The molecular formula is C16H20N2OS. The van der Waals surface area contributed by atoms with Crippen LogP contribution in [0.25, 0.3) is 0 Å². The highest BCUT2D eigenvalue weighted by atomic mass is 32.2. The van der Waals surface area contributed by atoms with Crippen LogP contribution in [0.2, 0.25) is 0 Å². The molecule has 4 heteroatoms. The molecule has 0 radical (unpaired) electrons. The number of hydrogen-bond donors (Lipinski definition) is 1. The minimum atomic E-state index is -0.0837. The van der Waals surface area contributed by atoms with E-state index in [0.717, 1.165) is 26.9 Å². The quantitative estimate of drug-likeness (QED) is 0.927. The molecule has 0 fully saturated rings. The van der Waals surface area contributed by atoms with Gasteiger partial charge in [0, 0.05) is 22.2 Å². The maximum atomic E-state index is 6.09. The van der Waals surface area contributed by atoms with Crippen LogP contribution < -0.4 is 10.5 Å². The molecule has 2 rings (SSSR count). The summed E-state index contributed by atoms with van der Waals surface area (Å²) in [6.45, 7) is 6.06. The van der Waals surface area contributed by atoms with E-state index in [1.165, 1.54) is 5.56 Å². The van der Waals surface area contributed by atoms with E-state index in [9.17, 15) is 0 Å². The fourth-order valence-electron chi connectivity index (χ4n) is 2.21. The summed E-state index contributed by atoms with van der Waals surface area (Å²) in [6.07, 6.45) is 0. The molecule has 1 atom stereocenters. The van der Waals surface area contributed by atoms with Gasteiger partial charge in [-0.2, -0.15) is 0 Å². The lowest BCUT2D eigenvalue weighted by molar-refractivity contribution is 0.405. The Labute approximate surface area is 124 Å². The Morgan fingerprint density at radius 2 is 2.00 bits per heavy atom. The first kappa shape index (κ1) is 14.9. The fraction of sp³-hybridized carbons (Fsp3) is 0.312. The third-order valence-electron chi connectivity index (χ3n) is 2.99. The lowest BCUT2D eigenvalue weighted by Crippen LogP contribution is -2.08. The number of nitrogens with two attached hydrogens (primary N) is 1. The van der Waals surface area contributed by atoms with Gasteiger partial charge in [-0.15, -0.1) is 0 Å². The van der Waals surface area contributed by atoms with E-state index in [1.54, 1.807) is 18.9 Å². The Balaban J connectivity index is 2.42. The molecule has 0 saturated carbocycles. The van der Waals surface area contributed by atoms with Gasteiger partial charge in [-0.25, -0.2) is 4.98 Å². The molecule has 0 amide bonds. The van der Waals surface area contributed by atoms with Crippen LogP contribution in [0.4, 0.5) is 0 Å². The van der Waals surface area contributed by atoms with Gasteiger partial charge in [-0.1, -0.05) is 17.8 Å². The molecule has 0 aliphatic carbocycles. The molecule has 2 aromatic rings. The van der Waals surface area contributed by atoms with Gasteiger partial charge < -0.3 is 10.5 Å². The number of hydrogen-bond acceptors (Lipinski definition) is 4. The van der Waals surface area contributed by atoms with Crippen molar-refractivity contribution in [1.29, 1.82) is 0 Å². The zero-order valence-electron chi connectivity index (χ0n) is 12.3. The minimum absolute atomic E-state index is 0.0837. The van der Waals surface area contributed by atoms with Gasteiger partial charge in [0.2, 0.25) is 0 Å². The van der Waals surface area contributed by atoms with Gasteiger partial charge >= 0.3 is 0 Å². The monoisotopic (exact) mass is 288 g/mol. The first-order valence-corrected chi connectivity index (χ1v) is 7.38. The number of methoxy groups -OCH3 is 1. The number of nitrogens with zero attached hydrogens (tertiary/aromatic N) is 1. The zero-order chi connectivity index (χ0) is 14.7. The van der Waals surface area contributed by atoms with Crippen molar-refractivity contribution in [1.82, 2.24) is 4.98 Å². The Hall–Kier alpha value is -1.52. The van der Waals surface area contributed by atoms with Crippen LogP contribution in [-0.2, 0) is 0 Å². The second-order valence-electron chi connectivity index (χ2n) is 4.89. The topological polar surface area (TPSA) is 48.1 Å². The van der Waals surface area contributed by atoms with Gasteiger partial charge in [-0.05, 0) is 50.6 Å². The smallest absolute Gasteiger partial charge is 0.124 e. The highest BCUT2D eigenvalue weighted by molar-refractivity contribution is 7.99. The molecule has 0 aliphatic rings. The van der Waals surface area contributed by atoms with E-state index in [4.69, 9.17) is 10.5 Å². The zero-order valence-corrected chi connectivity index (χ0v) is 13.1. The van der Waals surface area contributed by atoms with Gasteiger partial charge in [-0.3, -0.25) is 0 Å². The summed E-state index contributed by atoms with van der Waals surface area (Å²) in [7, 11) is 1.67. The molecule has 0 aliphatic heterocycles. The summed E-state index contributed by atoms with van der Waals surface area (Å²) in [6, 6.07) is 10.1. The van der Waals surface area contributed by atoms with E-state index < -0.39 is 0 Å². The molecule has 3 nitrogen and oxygen atoms in total. The van der Waals surface area contributed by atoms with Crippen LogP contribution in [0.5, 0.6) is 5.75 Å². The van der Waals surface area contributed by atoms with Gasteiger partial charge in [0.15, 0.2) is 0 Å². The Kier molecular flexibility index (Phi) is 4.68. The number of ether oxygens (including phenoxy) is 1. The molecule has 2 N–H and O–H groups in total. The number of benzene rings is 1. The molecule has 0 unspecified atom stereocenters. The lowest BCUT2D eigenvalue weighted by Gasteiger charge is -2.16. The highest BCUT2D eigenvalue weighted by Gasteiger charge is 2.14. The molecule has 1 aromatic heterocycles. The minimum Gasteiger partial charge on any atom is -0.496 e. The summed E-state index contributed by atoms with van der Waals surface area (Å²) in [4.78, 5) is 5.66. The van der Waals surface area contributed by atoms with Crippen molar-refractivity contribution in [2.45, 2.75) is 36.7 Å². The van der Waals surface area contributed by atoms with Gasteiger partial charge in [0.1, 0.15) is 10.8 Å². The van der Waals surface area contributed by atoms with E-state index >= 15 is 0 Å². The van der Waals surface area contributed by atoms with Crippen molar-refractivity contribution < 1.29 is 4.74 Å². The maximum Gasteiger partial charge on any atom is 0.124 e. The lowest BCUT2D eigenvalue weighted by atomic mass is 10.1. The molecule has 0 saturated heterocycles. The predicted octanol–water partition coefficient (Wildman–Crippen LogP) is 3.88. The largest absolute Gasteiger partial charge is 0.496 e. The second kappa shape index (κ2) is 6.29. The molecule has 20 heavy (non-hydrogen) atoms. The van der Waals surface area contributed by atoms with Gasteiger partial charge in [0.25, 0.3) is 0 Å². The number of aryl methyl sites for hydroxylation is 2. The summed E-state index contributed by atoms with van der Waals surface area (Å²) < 4.78 is 5.42. The molecule has 0 spiro atoms. The van der Waals surface area contributed by atoms with Crippen LogP contribution in [0.15, 0.2) is 40.3 Å². The van der Waals surface area contributed by atoms with Crippen LogP contribution in [0.3, 0.4) is 0 Å². The van der Waals surface area contributed by atoms with Crippen molar-refractivity contribution in [3.63, 3.8) is 0 Å². The van der Waals surface area contributed by atoms with Crippen molar-refractivity contribution in [2.24, 2.45) is 5.73 Å². The third kappa shape index (κ3) is 3.32. The number of aromatic nitrogens is 1. The first-order chi connectivity index (χ1) is 9.51. The van der Waals surface area contributed by atoms with Gasteiger partial charge in [0.05, 0.1) is 7.11 Å². The normalized spacial score (nSPS) is 12.2. The summed E-state index contributed by atoms with van der Waals surface area (Å²) in [5, 5.41) is 0.984. The molecular weight excluding hydrogens is 268 g/mol. The molecule has 1 heterocycles. The van der Waals surface area contributed by atoms with Crippen molar-refractivity contribution in [3.8, 4) is 5.75 Å². The Bertz CT molecular complexity index is 591. The second-order valence-corrected chi connectivity index (χ2v) is 5.95. The summed E-state index contributed by atoms with van der Waals surface area (Å²) >= 11 is 1.63. The molecule has 1 aromatic carbocycles. The predicted molar refractivity (Wildman–Crippen MR) is 83.4 cm³/mol. The van der Waals surface area contributed by atoms with Crippen molar-refractivity contribution in [2.75, 3.05) is 7.11 Å². The maximum absolute atomic E-state index is 6.09. The summed E-state index contributed by atoms with van der Waals surface area (Å²) in [5.74, 6) is 0.828. The van der Waals surface area contributed by atoms with E-state index in [-0.39, 0.29) is 6.04 Å². The van der Waals surface area contributed by atoms with Crippen LogP contribution in [-0.4, -0.2) is 12.1 Å².